The number of hydrogen-bond donors (Lipinski definition) is 2. The molecule has 0 spiro atoms. The number of aromatic nitrogens is 2. The van der Waals surface area contributed by atoms with Gasteiger partial charge in [-0.05, 0) is 44.2 Å². The molecule has 0 saturated heterocycles. The molecule has 0 aliphatic carbocycles. The largest absolute Gasteiger partial charge is 0.494 e. The van der Waals surface area contributed by atoms with Gasteiger partial charge >= 0.3 is 0 Å². The summed E-state index contributed by atoms with van der Waals surface area (Å²) in [5, 5.41) is 10.3. The highest BCUT2D eigenvalue weighted by atomic mass is 16.5. The van der Waals surface area contributed by atoms with Gasteiger partial charge in [0.15, 0.2) is 0 Å². The van der Waals surface area contributed by atoms with Gasteiger partial charge < -0.3 is 10.1 Å². The van der Waals surface area contributed by atoms with Crippen LogP contribution in [0.5, 0.6) is 5.75 Å². The van der Waals surface area contributed by atoms with E-state index in [-0.39, 0.29) is 6.04 Å². The predicted octanol–water partition coefficient (Wildman–Crippen LogP) is 2.98. The van der Waals surface area contributed by atoms with Gasteiger partial charge in [0, 0.05) is 11.9 Å². The Labute approximate surface area is 101 Å². The van der Waals surface area contributed by atoms with Crippen LogP contribution in [0.15, 0.2) is 36.5 Å². The molecular formula is C13H17N3O. The molecule has 2 aromatic rings. The van der Waals surface area contributed by atoms with Crippen molar-refractivity contribution in [2.45, 2.75) is 19.9 Å². The Morgan fingerprint density at radius 2 is 2.06 bits per heavy atom. The number of ether oxygens (including phenoxy) is 1. The summed E-state index contributed by atoms with van der Waals surface area (Å²) in [6, 6.07) is 10.1. The SMILES string of the molecule is CCOc1ccc(NC(C)c2ccn[nH]2)cc1. The smallest absolute Gasteiger partial charge is 0.119 e. The third-order valence-electron chi connectivity index (χ3n) is 2.54. The predicted molar refractivity (Wildman–Crippen MR) is 68.2 cm³/mol. The lowest BCUT2D eigenvalue weighted by atomic mass is 10.2. The van der Waals surface area contributed by atoms with E-state index in [0.717, 1.165) is 17.1 Å². The zero-order valence-corrected chi connectivity index (χ0v) is 10.1. The molecule has 0 fully saturated rings. The zero-order valence-electron chi connectivity index (χ0n) is 10.1. The number of nitrogens with zero attached hydrogens (tertiary/aromatic N) is 1. The van der Waals surface area contributed by atoms with E-state index >= 15 is 0 Å². The van der Waals surface area contributed by atoms with E-state index in [1.807, 2.05) is 37.3 Å². The number of rotatable bonds is 5. The van der Waals surface area contributed by atoms with E-state index in [4.69, 9.17) is 4.74 Å². The molecule has 1 heterocycles. The Morgan fingerprint density at radius 1 is 1.29 bits per heavy atom. The Morgan fingerprint density at radius 3 is 2.65 bits per heavy atom. The summed E-state index contributed by atoms with van der Waals surface area (Å²) in [4.78, 5) is 0. The molecule has 0 saturated carbocycles. The van der Waals surface area contributed by atoms with Crippen LogP contribution in [0, 0.1) is 0 Å². The summed E-state index contributed by atoms with van der Waals surface area (Å²) in [5.41, 5.74) is 2.13. The quantitative estimate of drug-likeness (QED) is 0.831. The molecule has 0 aliphatic rings. The molecule has 17 heavy (non-hydrogen) atoms. The van der Waals surface area contributed by atoms with Crippen LogP contribution in [0.3, 0.4) is 0 Å². The lowest BCUT2D eigenvalue weighted by molar-refractivity contribution is 0.340. The van der Waals surface area contributed by atoms with Crippen molar-refractivity contribution in [3.05, 3.63) is 42.2 Å². The minimum absolute atomic E-state index is 0.204. The summed E-state index contributed by atoms with van der Waals surface area (Å²) < 4.78 is 5.39. The molecule has 4 nitrogen and oxygen atoms in total. The van der Waals surface area contributed by atoms with Gasteiger partial charge in [0.2, 0.25) is 0 Å². The fourth-order valence-electron chi connectivity index (χ4n) is 1.65. The van der Waals surface area contributed by atoms with Crippen molar-refractivity contribution in [2.24, 2.45) is 0 Å². The molecule has 2 N–H and O–H groups in total. The number of H-pyrrole nitrogens is 1. The lowest BCUT2D eigenvalue weighted by Gasteiger charge is -2.13. The van der Waals surface area contributed by atoms with Gasteiger partial charge in [0.25, 0.3) is 0 Å². The van der Waals surface area contributed by atoms with Gasteiger partial charge in [-0.15, -0.1) is 0 Å². The van der Waals surface area contributed by atoms with Crippen LogP contribution in [0.25, 0.3) is 0 Å². The van der Waals surface area contributed by atoms with E-state index in [0.29, 0.717) is 6.61 Å². The Balaban J connectivity index is 1.99. The Bertz CT molecular complexity index is 436. The molecule has 1 unspecified atom stereocenters. The van der Waals surface area contributed by atoms with Crippen LogP contribution < -0.4 is 10.1 Å². The third-order valence-corrected chi connectivity index (χ3v) is 2.54. The van der Waals surface area contributed by atoms with Crippen LogP contribution in [-0.4, -0.2) is 16.8 Å². The minimum Gasteiger partial charge on any atom is -0.494 e. The van der Waals surface area contributed by atoms with E-state index in [2.05, 4.69) is 22.4 Å². The second-order valence-electron chi connectivity index (χ2n) is 3.84. The maximum atomic E-state index is 5.39. The number of nitrogens with one attached hydrogen (secondary N) is 2. The monoisotopic (exact) mass is 231 g/mol. The number of benzene rings is 1. The first kappa shape index (κ1) is 11.5. The van der Waals surface area contributed by atoms with Gasteiger partial charge in [-0.1, -0.05) is 0 Å². The number of hydrogen-bond acceptors (Lipinski definition) is 3. The second-order valence-corrected chi connectivity index (χ2v) is 3.84. The molecule has 1 atom stereocenters. The highest BCUT2D eigenvalue weighted by molar-refractivity contribution is 5.47. The number of anilines is 1. The minimum atomic E-state index is 0.204. The topological polar surface area (TPSA) is 49.9 Å². The maximum absolute atomic E-state index is 5.39. The van der Waals surface area contributed by atoms with Crippen LogP contribution in [-0.2, 0) is 0 Å². The van der Waals surface area contributed by atoms with Crippen molar-refractivity contribution in [1.82, 2.24) is 10.2 Å². The fourth-order valence-corrected chi connectivity index (χ4v) is 1.65. The standard InChI is InChI=1S/C13H17N3O/c1-3-17-12-6-4-11(5-7-12)15-10(2)13-8-9-14-16-13/h4-10,15H,3H2,1-2H3,(H,14,16). The van der Waals surface area contributed by atoms with Crippen molar-refractivity contribution >= 4 is 5.69 Å². The summed E-state index contributed by atoms with van der Waals surface area (Å²) >= 11 is 0. The van der Waals surface area contributed by atoms with Crippen molar-refractivity contribution < 1.29 is 4.74 Å². The van der Waals surface area contributed by atoms with Gasteiger partial charge in [0.05, 0.1) is 18.3 Å². The average Bonchev–Trinajstić information content (AvgIpc) is 2.86. The molecule has 0 amide bonds. The van der Waals surface area contributed by atoms with Gasteiger partial charge in [-0.3, -0.25) is 5.10 Å². The van der Waals surface area contributed by atoms with Crippen molar-refractivity contribution in [3.63, 3.8) is 0 Å². The van der Waals surface area contributed by atoms with Gasteiger partial charge in [-0.25, -0.2) is 0 Å². The first-order chi connectivity index (χ1) is 8.29. The molecule has 1 aromatic heterocycles. The van der Waals surface area contributed by atoms with E-state index in [1.54, 1.807) is 6.20 Å². The van der Waals surface area contributed by atoms with E-state index in [9.17, 15) is 0 Å². The van der Waals surface area contributed by atoms with Crippen LogP contribution >= 0.6 is 0 Å². The molecule has 4 heteroatoms. The molecule has 1 aromatic carbocycles. The summed E-state index contributed by atoms with van der Waals surface area (Å²) in [6.07, 6.45) is 1.76. The lowest BCUT2D eigenvalue weighted by Crippen LogP contribution is -2.06. The fraction of sp³-hybridized carbons (Fsp3) is 0.308. The summed E-state index contributed by atoms with van der Waals surface area (Å²) in [5.74, 6) is 0.896. The highest BCUT2D eigenvalue weighted by Crippen LogP contribution is 2.20. The van der Waals surface area contributed by atoms with Crippen molar-refractivity contribution in [3.8, 4) is 5.75 Å². The first-order valence-electron chi connectivity index (χ1n) is 5.78. The van der Waals surface area contributed by atoms with Gasteiger partial charge in [-0.2, -0.15) is 5.10 Å². The molecule has 2 rings (SSSR count). The molecular weight excluding hydrogens is 214 g/mol. The second kappa shape index (κ2) is 5.39. The maximum Gasteiger partial charge on any atom is 0.119 e. The van der Waals surface area contributed by atoms with Crippen molar-refractivity contribution in [1.29, 1.82) is 0 Å². The molecule has 0 aliphatic heterocycles. The van der Waals surface area contributed by atoms with Crippen LogP contribution in [0.4, 0.5) is 5.69 Å². The Kier molecular flexibility index (Phi) is 3.65. The zero-order chi connectivity index (χ0) is 12.1. The van der Waals surface area contributed by atoms with Crippen LogP contribution in [0.1, 0.15) is 25.6 Å². The molecule has 0 bridgehead atoms. The summed E-state index contributed by atoms with van der Waals surface area (Å²) in [6.45, 7) is 4.76. The Hall–Kier alpha value is -1.97. The normalized spacial score (nSPS) is 12.1. The van der Waals surface area contributed by atoms with E-state index in [1.165, 1.54) is 0 Å². The third kappa shape index (κ3) is 3.00. The van der Waals surface area contributed by atoms with Crippen LogP contribution in [0.2, 0.25) is 0 Å². The molecule has 90 valence electrons. The summed E-state index contributed by atoms with van der Waals surface area (Å²) in [7, 11) is 0. The average molecular weight is 231 g/mol. The van der Waals surface area contributed by atoms with Gasteiger partial charge in [0.1, 0.15) is 5.75 Å². The van der Waals surface area contributed by atoms with Crippen molar-refractivity contribution in [2.75, 3.05) is 11.9 Å². The number of aromatic amines is 1. The molecule has 0 radical (unpaired) electrons. The van der Waals surface area contributed by atoms with E-state index < -0.39 is 0 Å². The highest BCUT2D eigenvalue weighted by Gasteiger charge is 2.05. The first-order valence-corrected chi connectivity index (χ1v) is 5.78.